The van der Waals surface area contributed by atoms with Gasteiger partial charge in [-0.2, -0.15) is 10.4 Å². The van der Waals surface area contributed by atoms with Crippen molar-refractivity contribution in [3.05, 3.63) is 34.5 Å². The maximum Gasteiger partial charge on any atom is 0.308 e. The molecule has 0 aliphatic carbocycles. The van der Waals surface area contributed by atoms with Gasteiger partial charge in [-0.15, -0.1) is 0 Å². The van der Waals surface area contributed by atoms with E-state index in [2.05, 4.69) is 10.1 Å². The van der Waals surface area contributed by atoms with Gasteiger partial charge in [0.05, 0.1) is 18.2 Å². The van der Waals surface area contributed by atoms with Crippen LogP contribution < -0.4 is 5.56 Å². The Morgan fingerprint density at radius 1 is 1.58 bits per heavy atom. The lowest BCUT2D eigenvalue weighted by molar-refractivity contribution is -0.163. The molecular formula is C16H18N4O6. The number of nitrogens with one attached hydrogen (secondary N) is 1. The summed E-state index contributed by atoms with van der Waals surface area (Å²) in [5.74, 6) is -1.14. The summed E-state index contributed by atoms with van der Waals surface area (Å²) in [6, 6.07) is 4.81. The third-order valence-corrected chi connectivity index (χ3v) is 4.33. The Kier molecular flexibility index (Phi) is 4.53. The zero-order valence-electron chi connectivity index (χ0n) is 14.1. The topological polar surface area (TPSA) is 150 Å². The minimum absolute atomic E-state index is 0.109. The van der Waals surface area contributed by atoms with Crippen molar-refractivity contribution in [1.29, 1.82) is 5.26 Å². The van der Waals surface area contributed by atoms with Gasteiger partial charge < -0.3 is 24.7 Å². The summed E-state index contributed by atoms with van der Waals surface area (Å²) in [6.07, 6.45) is -2.84. The molecule has 0 spiro atoms. The first-order valence-corrected chi connectivity index (χ1v) is 8.00. The van der Waals surface area contributed by atoms with Crippen LogP contribution in [-0.2, 0) is 19.9 Å². The highest BCUT2D eigenvalue weighted by molar-refractivity contribution is 5.72. The third-order valence-electron chi connectivity index (χ3n) is 4.33. The first kappa shape index (κ1) is 18.1. The van der Waals surface area contributed by atoms with Crippen molar-refractivity contribution in [2.24, 2.45) is 5.92 Å². The van der Waals surface area contributed by atoms with Gasteiger partial charge in [-0.1, -0.05) is 13.8 Å². The van der Waals surface area contributed by atoms with Crippen LogP contribution in [0.4, 0.5) is 0 Å². The third kappa shape index (κ3) is 2.57. The Labute approximate surface area is 147 Å². The van der Waals surface area contributed by atoms with Crippen molar-refractivity contribution >= 4 is 11.5 Å². The van der Waals surface area contributed by atoms with Crippen LogP contribution in [0.3, 0.4) is 0 Å². The molecule has 10 heteroatoms. The molecule has 2 aromatic heterocycles. The van der Waals surface area contributed by atoms with E-state index >= 15 is 0 Å². The number of nitrogens with zero attached hydrogens (tertiary/aromatic N) is 3. The molecule has 0 saturated carbocycles. The molecule has 26 heavy (non-hydrogen) atoms. The van der Waals surface area contributed by atoms with E-state index in [1.165, 1.54) is 16.6 Å². The number of carbonyl (C=O) groups is 1. The predicted octanol–water partition coefficient (Wildman–Crippen LogP) is -0.939. The maximum absolute atomic E-state index is 12.1. The lowest BCUT2D eigenvalue weighted by Gasteiger charge is -2.28. The van der Waals surface area contributed by atoms with Crippen molar-refractivity contribution in [1.82, 2.24) is 14.6 Å². The summed E-state index contributed by atoms with van der Waals surface area (Å²) in [5, 5.41) is 33.8. The molecule has 1 aliphatic rings. The first-order valence-electron chi connectivity index (χ1n) is 8.00. The van der Waals surface area contributed by atoms with Crippen LogP contribution in [0.2, 0.25) is 0 Å². The van der Waals surface area contributed by atoms with Crippen LogP contribution in [0.5, 0.6) is 0 Å². The van der Waals surface area contributed by atoms with Gasteiger partial charge in [-0.05, 0) is 12.1 Å². The molecule has 4 atom stereocenters. The molecule has 1 fully saturated rings. The molecule has 0 amide bonds. The molecule has 2 aromatic rings. The van der Waals surface area contributed by atoms with E-state index in [1.807, 2.05) is 6.07 Å². The second-order valence-corrected chi connectivity index (χ2v) is 6.32. The maximum atomic E-state index is 12.1. The van der Waals surface area contributed by atoms with Crippen LogP contribution in [0, 0.1) is 17.2 Å². The lowest BCUT2D eigenvalue weighted by atomic mass is 9.92. The van der Waals surface area contributed by atoms with Gasteiger partial charge in [0, 0.05) is 0 Å². The SMILES string of the molecule is CC(C)C(=O)O[C@@H]1[C@H](O)[C@@H](CO)O[C@@]1(C#N)c1ccc2c(=O)[nH]cnn12. The number of ether oxygens (including phenoxy) is 2. The molecule has 0 radical (unpaired) electrons. The molecule has 0 unspecified atom stereocenters. The minimum atomic E-state index is -1.94. The summed E-state index contributed by atoms with van der Waals surface area (Å²) in [4.78, 5) is 26.4. The van der Waals surface area contributed by atoms with Crippen molar-refractivity contribution < 1.29 is 24.5 Å². The normalized spacial score (nSPS) is 28.4. The molecule has 3 N–H and O–H groups in total. The number of esters is 1. The molecule has 0 bridgehead atoms. The molecule has 3 heterocycles. The molecular weight excluding hydrogens is 344 g/mol. The van der Waals surface area contributed by atoms with Gasteiger partial charge in [0.15, 0.2) is 6.10 Å². The first-order chi connectivity index (χ1) is 12.4. The number of aliphatic hydroxyl groups excluding tert-OH is 2. The van der Waals surface area contributed by atoms with E-state index in [0.717, 1.165) is 6.33 Å². The summed E-state index contributed by atoms with van der Waals surface area (Å²) < 4.78 is 12.2. The van der Waals surface area contributed by atoms with Gasteiger partial charge >= 0.3 is 5.97 Å². The number of hydrogen-bond donors (Lipinski definition) is 3. The number of fused-ring (bicyclic) bond motifs is 1. The molecule has 1 saturated heterocycles. The Balaban J connectivity index is 2.17. The van der Waals surface area contributed by atoms with E-state index in [1.54, 1.807) is 13.8 Å². The average Bonchev–Trinajstić information content (AvgIpc) is 3.17. The van der Waals surface area contributed by atoms with E-state index in [9.17, 15) is 25.1 Å². The van der Waals surface area contributed by atoms with Crippen molar-refractivity contribution in [2.75, 3.05) is 6.61 Å². The Hall–Kier alpha value is -2.74. The Morgan fingerprint density at radius 2 is 2.31 bits per heavy atom. The Morgan fingerprint density at radius 3 is 2.92 bits per heavy atom. The second kappa shape index (κ2) is 6.53. The summed E-state index contributed by atoms with van der Waals surface area (Å²) in [7, 11) is 0. The largest absolute Gasteiger partial charge is 0.455 e. The molecule has 3 rings (SSSR count). The highest BCUT2D eigenvalue weighted by Gasteiger charge is 2.60. The molecule has 138 valence electrons. The van der Waals surface area contributed by atoms with Crippen molar-refractivity contribution in [2.45, 2.75) is 37.8 Å². The quantitative estimate of drug-likeness (QED) is 0.590. The molecule has 1 aliphatic heterocycles. The van der Waals surface area contributed by atoms with Gasteiger partial charge in [0.25, 0.3) is 5.56 Å². The van der Waals surface area contributed by atoms with E-state index in [4.69, 9.17) is 9.47 Å². The predicted molar refractivity (Wildman–Crippen MR) is 85.8 cm³/mol. The lowest BCUT2D eigenvalue weighted by Crippen LogP contribution is -2.45. The number of hydrogen-bond acceptors (Lipinski definition) is 8. The Bertz CT molecular complexity index is 929. The van der Waals surface area contributed by atoms with Gasteiger partial charge in [-0.25, -0.2) is 4.52 Å². The fourth-order valence-corrected chi connectivity index (χ4v) is 2.95. The number of aliphatic hydroxyl groups is 2. The van der Waals surface area contributed by atoms with Gasteiger partial charge in [-0.3, -0.25) is 9.59 Å². The van der Waals surface area contributed by atoms with Crippen LogP contribution in [-0.4, -0.2) is 55.7 Å². The van der Waals surface area contributed by atoms with Gasteiger partial charge in [0.2, 0.25) is 5.60 Å². The zero-order chi connectivity index (χ0) is 19.1. The van der Waals surface area contributed by atoms with Crippen LogP contribution >= 0.6 is 0 Å². The molecule has 0 aromatic carbocycles. The number of carbonyl (C=O) groups excluding carboxylic acids is 1. The highest BCUT2D eigenvalue weighted by atomic mass is 16.6. The summed E-state index contributed by atoms with van der Waals surface area (Å²) in [6.45, 7) is 2.63. The fraction of sp³-hybridized carbons (Fsp3) is 0.500. The van der Waals surface area contributed by atoms with E-state index < -0.39 is 48.0 Å². The monoisotopic (exact) mass is 362 g/mol. The number of rotatable bonds is 4. The smallest absolute Gasteiger partial charge is 0.308 e. The standard InChI is InChI=1S/C16H18N4O6/c1-8(2)15(24)25-13-12(22)10(5-21)26-16(13,6-17)11-4-3-9-14(23)18-7-19-20(9)11/h3-4,7-8,10,12-13,21-22H,5H2,1-2H3,(H,18,19,23)/t10-,12-,13-,16+/m1/s1. The number of H-pyrrole nitrogens is 1. The van der Waals surface area contributed by atoms with Crippen molar-refractivity contribution in [3.63, 3.8) is 0 Å². The number of aromatic amines is 1. The van der Waals surface area contributed by atoms with Crippen molar-refractivity contribution in [3.8, 4) is 6.07 Å². The van der Waals surface area contributed by atoms with Crippen LogP contribution in [0.25, 0.3) is 5.52 Å². The highest BCUT2D eigenvalue weighted by Crippen LogP contribution is 2.41. The number of nitriles is 1. The minimum Gasteiger partial charge on any atom is -0.455 e. The van der Waals surface area contributed by atoms with Crippen LogP contribution in [0.15, 0.2) is 23.3 Å². The fourth-order valence-electron chi connectivity index (χ4n) is 2.95. The zero-order valence-corrected chi connectivity index (χ0v) is 14.1. The summed E-state index contributed by atoms with van der Waals surface area (Å²) in [5.41, 5.74) is -2.12. The average molecular weight is 362 g/mol. The molecule has 10 nitrogen and oxygen atoms in total. The second-order valence-electron chi connectivity index (χ2n) is 6.32. The van der Waals surface area contributed by atoms with E-state index in [-0.39, 0.29) is 11.2 Å². The van der Waals surface area contributed by atoms with Gasteiger partial charge in [0.1, 0.15) is 30.1 Å². The number of aromatic nitrogens is 3. The summed E-state index contributed by atoms with van der Waals surface area (Å²) >= 11 is 0. The van der Waals surface area contributed by atoms with Crippen LogP contribution in [0.1, 0.15) is 19.5 Å². The van der Waals surface area contributed by atoms with E-state index in [0.29, 0.717) is 0 Å².